The number of nitrogens with zero attached hydrogens (tertiary/aromatic N) is 1. The van der Waals surface area contributed by atoms with Crippen molar-refractivity contribution in [1.29, 1.82) is 0 Å². The number of aromatic nitrogens is 2. The first-order valence-electron chi connectivity index (χ1n) is 6.01. The fourth-order valence-electron chi connectivity index (χ4n) is 1.74. The lowest BCUT2D eigenvalue weighted by atomic mass is 10.1. The van der Waals surface area contributed by atoms with E-state index in [1.165, 1.54) is 18.2 Å². The van der Waals surface area contributed by atoms with Crippen LogP contribution in [0.5, 0.6) is 0 Å². The van der Waals surface area contributed by atoms with Crippen molar-refractivity contribution in [3.05, 3.63) is 41.3 Å². The largest absolute Gasteiger partial charge is 0.396 e. The minimum absolute atomic E-state index is 0.0973. The van der Waals surface area contributed by atoms with E-state index in [4.69, 9.17) is 5.73 Å². The number of carbonyl (C=O) groups is 1. The molecule has 0 bridgehead atoms. The molecule has 1 aromatic heterocycles. The van der Waals surface area contributed by atoms with E-state index >= 15 is 0 Å². The zero-order chi connectivity index (χ0) is 13.8. The molecule has 2 rings (SSSR count). The van der Waals surface area contributed by atoms with Gasteiger partial charge in [0.2, 0.25) is 0 Å². The molecule has 0 aliphatic rings. The van der Waals surface area contributed by atoms with E-state index in [2.05, 4.69) is 15.5 Å². The summed E-state index contributed by atoms with van der Waals surface area (Å²) in [6, 6.07) is 5.86. The second-order valence-corrected chi connectivity index (χ2v) is 4.18. The third-order valence-electron chi connectivity index (χ3n) is 2.69. The zero-order valence-electron chi connectivity index (χ0n) is 10.5. The predicted octanol–water partition coefficient (Wildman–Crippen LogP) is 2.34. The first-order chi connectivity index (χ1) is 9.11. The molecule has 19 heavy (non-hydrogen) atoms. The highest BCUT2D eigenvalue weighted by Gasteiger charge is 2.13. The van der Waals surface area contributed by atoms with Crippen LogP contribution in [-0.4, -0.2) is 16.1 Å². The van der Waals surface area contributed by atoms with Gasteiger partial charge in [-0.25, -0.2) is 4.39 Å². The summed E-state index contributed by atoms with van der Waals surface area (Å²) in [5.41, 5.74) is 6.40. The van der Waals surface area contributed by atoms with Crippen LogP contribution in [0.25, 0.3) is 0 Å². The summed E-state index contributed by atoms with van der Waals surface area (Å²) in [5.74, 6) is -0.690. The Hall–Kier alpha value is -2.37. The Kier molecular flexibility index (Phi) is 3.79. The van der Waals surface area contributed by atoms with Crippen LogP contribution in [0.2, 0.25) is 0 Å². The summed E-state index contributed by atoms with van der Waals surface area (Å²) in [7, 11) is 0. The number of hydrogen-bond acceptors (Lipinski definition) is 3. The summed E-state index contributed by atoms with van der Waals surface area (Å²) < 4.78 is 13.3. The smallest absolute Gasteiger partial charge is 0.259 e. The van der Waals surface area contributed by atoms with E-state index in [9.17, 15) is 9.18 Å². The van der Waals surface area contributed by atoms with Crippen molar-refractivity contribution in [3.63, 3.8) is 0 Å². The van der Waals surface area contributed by atoms with E-state index < -0.39 is 11.7 Å². The number of H-pyrrole nitrogens is 1. The maximum atomic E-state index is 13.3. The van der Waals surface area contributed by atoms with Gasteiger partial charge in [-0.15, -0.1) is 0 Å². The predicted molar refractivity (Wildman–Crippen MR) is 71.3 cm³/mol. The van der Waals surface area contributed by atoms with Crippen molar-refractivity contribution in [2.75, 3.05) is 11.1 Å². The molecule has 5 nitrogen and oxygen atoms in total. The molecule has 0 fully saturated rings. The maximum absolute atomic E-state index is 13.3. The molecule has 1 amide bonds. The monoisotopic (exact) mass is 262 g/mol. The molecule has 0 aliphatic heterocycles. The fraction of sp³-hybridized carbons (Fsp3) is 0.231. The number of halogens is 1. The Labute approximate surface area is 110 Å². The van der Waals surface area contributed by atoms with Gasteiger partial charge >= 0.3 is 0 Å². The van der Waals surface area contributed by atoms with Gasteiger partial charge in [-0.3, -0.25) is 9.89 Å². The van der Waals surface area contributed by atoms with Crippen LogP contribution in [0.4, 0.5) is 15.9 Å². The average molecular weight is 262 g/mol. The number of hydrogen-bond donors (Lipinski definition) is 3. The summed E-state index contributed by atoms with van der Waals surface area (Å²) in [6.07, 6.45) is 1.83. The second-order valence-electron chi connectivity index (χ2n) is 4.18. The highest BCUT2D eigenvalue weighted by atomic mass is 19.1. The van der Waals surface area contributed by atoms with Gasteiger partial charge in [0.1, 0.15) is 5.82 Å². The van der Waals surface area contributed by atoms with Gasteiger partial charge in [0.05, 0.1) is 11.3 Å². The molecule has 0 radical (unpaired) electrons. The SMILES string of the molecule is CCCc1cc(NC(=O)c2cccc(F)c2N)n[nH]1. The highest BCUT2D eigenvalue weighted by Crippen LogP contribution is 2.17. The van der Waals surface area contributed by atoms with Crippen LogP contribution < -0.4 is 11.1 Å². The second kappa shape index (κ2) is 5.51. The van der Waals surface area contributed by atoms with Crippen LogP contribution in [0, 0.1) is 5.82 Å². The Morgan fingerprint density at radius 3 is 3.05 bits per heavy atom. The number of rotatable bonds is 4. The number of nitrogen functional groups attached to an aromatic ring is 1. The molecule has 6 heteroatoms. The number of benzene rings is 1. The lowest BCUT2D eigenvalue weighted by Gasteiger charge is -2.05. The molecular formula is C13H15FN4O. The molecule has 0 saturated heterocycles. The molecule has 0 unspecified atom stereocenters. The molecule has 1 heterocycles. The van der Waals surface area contributed by atoms with E-state index in [0.717, 1.165) is 18.5 Å². The Bertz CT molecular complexity index is 594. The molecule has 0 saturated carbocycles. The molecule has 4 N–H and O–H groups in total. The summed E-state index contributed by atoms with van der Waals surface area (Å²) in [4.78, 5) is 11.9. The van der Waals surface area contributed by atoms with Crippen LogP contribution in [0.3, 0.4) is 0 Å². The van der Waals surface area contributed by atoms with Crippen LogP contribution >= 0.6 is 0 Å². The Morgan fingerprint density at radius 1 is 1.53 bits per heavy atom. The van der Waals surface area contributed by atoms with Crippen molar-refractivity contribution in [2.24, 2.45) is 0 Å². The van der Waals surface area contributed by atoms with Crippen LogP contribution in [0.1, 0.15) is 29.4 Å². The number of anilines is 2. The number of carbonyl (C=O) groups excluding carboxylic acids is 1. The lowest BCUT2D eigenvalue weighted by Crippen LogP contribution is -2.15. The third kappa shape index (κ3) is 2.90. The first kappa shape index (κ1) is 13.1. The average Bonchev–Trinajstić information content (AvgIpc) is 2.80. The maximum Gasteiger partial charge on any atom is 0.259 e. The minimum atomic E-state index is -0.610. The molecule has 0 aliphatic carbocycles. The number of para-hydroxylation sites is 1. The molecule has 0 atom stereocenters. The Balaban J connectivity index is 2.14. The van der Waals surface area contributed by atoms with Gasteiger partial charge in [0.25, 0.3) is 5.91 Å². The Morgan fingerprint density at radius 2 is 2.32 bits per heavy atom. The molecular weight excluding hydrogens is 247 g/mol. The van der Waals surface area contributed by atoms with Crippen LogP contribution in [0.15, 0.2) is 24.3 Å². The van der Waals surface area contributed by atoms with Gasteiger partial charge in [-0.05, 0) is 18.6 Å². The molecule has 0 spiro atoms. The number of aromatic amines is 1. The topological polar surface area (TPSA) is 83.8 Å². The minimum Gasteiger partial charge on any atom is -0.396 e. The van der Waals surface area contributed by atoms with Crippen molar-refractivity contribution >= 4 is 17.4 Å². The van der Waals surface area contributed by atoms with Gasteiger partial charge in [0, 0.05) is 11.8 Å². The van der Waals surface area contributed by atoms with Gasteiger partial charge < -0.3 is 11.1 Å². The molecule has 100 valence electrons. The van der Waals surface area contributed by atoms with E-state index in [0.29, 0.717) is 5.82 Å². The fourth-order valence-corrected chi connectivity index (χ4v) is 1.74. The molecule has 1 aromatic carbocycles. The normalized spacial score (nSPS) is 10.4. The zero-order valence-corrected chi connectivity index (χ0v) is 10.5. The van der Waals surface area contributed by atoms with Crippen LogP contribution in [-0.2, 0) is 6.42 Å². The number of nitrogens with one attached hydrogen (secondary N) is 2. The summed E-state index contributed by atoms with van der Waals surface area (Å²) in [6.45, 7) is 2.05. The van der Waals surface area contributed by atoms with E-state index in [1.54, 1.807) is 6.07 Å². The van der Waals surface area contributed by atoms with Crippen molar-refractivity contribution in [3.8, 4) is 0 Å². The third-order valence-corrected chi connectivity index (χ3v) is 2.69. The van der Waals surface area contributed by atoms with Gasteiger partial charge in [-0.2, -0.15) is 5.10 Å². The quantitative estimate of drug-likeness (QED) is 0.739. The number of nitrogens with two attached hydrogens (primary N) is 1. The standard InChI is InChI=1S/C13H15FN4O/c1-2-4-8-7-11(18-17-8)16-13(19)9-5-3-6-10(14)12(9)15/h3,5-7H,2,4,15H2,1H3,(H2,16,17,18,19). The van der Waals surface area contributed by atoms with Gasteiger partial charge in [0.15, 0.2) is 5.82 Å². The number of aryl methyl sites for hydroxylation is 1. The van der Waals surface area contributed by atoms with Crippen molar-refractivity contribution < 1.29 is 9.18 Å². The summed E-state index contributed by atoms with van der Waals surface area (Å²) >= 11 is 0. The van der Waals surface area contributed by atoms with Gasteiger partial charge in [-0.1, -0.05) is 19.4 Å². The van der Waals surface area contributed by atoms with E-state index in [-0.39, 0.29) is 11.3 Å². The summed E-state index contributed by atoms with van der Waals surface area (Å²) in [5, 5.41) is 9.36. The number of amides is 1. The first-order valence-corrected chi connectivity index (χ1v) is 6.01. The lowest BCUT2D eigenvalue weighted by molar-refractivity contribution is 0.102. The van der Waals surface area contributed by atoms with Crippen molar-refractivity contribution in [1.82, 2.24) is 10.2 Å². The highest BCUT2D eigenvalue weighted by molar-refractivity contribution is 6.07. The van der Waals surface area contributed by atoms with E-state index in [1.807, 2.05) is 6.92 Å². The molecule has 2 aromatic rings. The van der Waals surface area contributed by atoms with Crippen molar-refractivity contribution in [2.45, 2.75) is 19.8 Å².